The largest absolute Gasteiger partial charge is 0.490 e. The molecule has 0 aliphatic heterocycles. The third kappa shape index (κ3) is 6.34. The van der Waals surface area contributed by atoms with Crippen LogP contribution in [-0.4, -0.2) is 22.5 Å². The Kier molecular flexibility index (Phi) is 8.63. The van der Waals surface area contributed by atoms with Crippen LogP contribution in [0.3, 0.4) is 0 Å². The van der Waals surface area contributed by atoms with E-state index in [1.165, 1.54) is 23.2 Å². The average Bonchev–Trinajstić information content (AvgIpc) is 2.93. The maximum absolute atomic E-state index is 13.6. The van der Waals surface area contributed by atoms with E-state index in [1.54, 1.807) is 36.5 Å². The van der Waals surface area contributed by atoms with Crippen molar-refractivity contribution in [1.29, 1.82) is 0 Å². The summed E-state index contributed by atoms with van der Waals surface area (Å²) >= 11 is 10.1. The smallest absolute Gasteiger partial charge is 0.282 e. The Labute approximate surface area is 239 Å². The van der Waals surface area contributed by atoms with Gasteiger partial charge in [-0.05, 0) is 73.4 Å². The van der Waals surface area contributed by atoms with Crippen molar-refractivity contribution in [3.8, 4) is 11.5 Å². The first kappa shape index (κ1) is 27.3. The SMILES string of the molecule is CCOc1cc(C=Nn2c(C3CCCCC3)nc3ccc(Br)cc3c2=O)cc(Cl)c1OCc1cccc(F)c1. The van der Waals surface area contributed by atoms with Crippen LogP contribution in [-0.2, 0) is 6.61 Å². The Morgan fingerprint density at radius 1 is 1.13 bits per heavy atom. The van der Waals surface area contributed by atoms with Crippen LogP contribution in [0.15, 0.2) is 69.0 Å². The molecule has 1 heterocycles. The third-order valence-electron chi connectivity index (χ3n) is 6.73. The van der Waals surface area contributed by atoms with Crippen molar-refractivity contribution < 1.29 is 13.9 Å². The maximum Gasteiger partial charge on any atom is 0.282 e. The number of hydrogen-bond acceptors (Lipinski definition) is 5. The van der Waals surface area contributed by atoms with Crippen LogP contribution in [0.5, 0.6) is 11.5 Å². The van der Waals surface area contributed by atoms with E-state index in [1.807, 2.05) is 19.1 Å². The molecule has 39 heavy (non-hydrogen) atoms. The van der Waals surface area contributed by atoms with E-state index in [0.29, 0.717) is 51.0 Å². The first-order valence-electron chi connectivity index (χ1n) is 13.0. The van der Waals surface area contributed by atoms with Crippen LogP contribution in [0.2, 0.25) is 5.02 Å². The molecule has 0 bridgehead atoms. The molecule has 0 N–H and O–H groups in total. The number of aromatic nitrogens is 2. The number of hydrogen-bond donors (Lipinski definition) is 0. The van der Waals surface area contributed by atoms with E-state index < -0.39 is 0 Å². The Morgan fingerprint density at radius 2 is 1.95 bits per heavy atom. The van der Waals surface area contributed by atoms with Gasteiger partial charge in [0.2, 0.25) is 0 Å². The van der Waals surface area contributed by atoms with E-state index in [2.05, 4.69) is 21.0 Å². The predicted molar refractivity (Wildman–Crippen MR) is 156 cm³/mol. The van der Waals surface area contributed by atoms with E-state index >= 15 is 0 Å². The minimum absolute atomic E-state index is 0.128. The maximum atomic E-state index is 13.6. The molecule has 3 aromatic carbocycles. The summed E-state index contributed by atoms with van der Waals surface area (Å²) in [6.45, 7) is 2.38. The van der Waals surface area contributed by atoms with Crippen molar-refractivity contribution in [3.63, 3.8) is 0 Å². The van der Waals surface area contributed by atoms with Crippen molar-refractivity contribution in [2.24, 2.45) is 5.10 Å². The number of benzene rings is 3. The Hall–Kier alpha value is -3.23. The van der Waals surface area contributed by atoms with Crippen LogP contribution in [0.4, 0.5) is 4.39 Å². The lowest BCUT2D eigenvalue weighted by Gasteiger charge is -2.22. The van der Waals surface area contributed by atoms with Crippen molar-refractivity contribution in [1.82, 2.24) is 9.66 Å². The fraction of sp³-hybridized carbons (Fsp3) is 0.300. The zero-order valence-electron chi connectivity index (χ0n) is 21.5. The fourth-order valence-corrected chi connectivity index (χ4v) is 5.51. The van der Waals surface area contributed by atoms with Gasteiger partial charge in [-0.1, -0.05) is 58.9 Å². The molecule has 5 rings (SSSR count). The highest BCUT2D eigenvalue weighted by molar-refractivity contribution is 9.10. The molecule has 0 unspecified atom stereocenters. The van der Waals surface area contributed by atoms with Gasteiger partial charge in [-0.3, -0.25) is 4.79 Å². The first-order chi connectivity index (χ1) is 18.9. The summed E-state index contributed by atoms with van der Waals surface area (Å²) in [5.74, 6) is 1.30. The highest BCUT2D eigenvalue weighted by Gasteiger charge is 2.22. The molecule has 0 amide bonds. The lowest BCUT2D eigenvalue weighted by atomic mass is 9.88. The van der Waals surface area contributed by atoms with Gasteiger partial charge in [-0.2, -0.15) is 9.78 Å². The van der Waals surface area contributed by atoms with Gasteiger partial charge in [0.15, 0.2) is 11.5 Å². The molecular formula is C30H28BrClFN3O3. The van der Waals surface area contributed by atoms with E-state index in [0.717, 1.165) is 30.2 Å². The zero-order valence-corrected chi connectivity index (χ0v) is 23.8. The van der Waals surface area contributed by atoms with Crippen molar-refractivity contribution in [2.45, 2.75) is 51.6 Å². The summed E-state index contributed by atoms with van der Waals surface area (Å²) in [6.07, 6.45) is 6.93. The highest BCUT2D eigenvalue weighted by Crippen LogP contribution is 2.37. The summed E-state index contributed by atoms with van der Waals surface area (Å²) < 4.78 is 27.5. The van der Waals surface area contributed by atoms with Gasteiger partial charge in [0.1, 0.15) is 18.2 Å². The van der Waals surface area contributed by atoms with E-state index in [9.17, 15) is 9.18 Å². The third-order valence-corrected chi connectivity index (χ3v) is 7.50. The van der Waals surface area contributed by atoms with Gasteiger partial charge in [0.05, 0.1) is 28.7 Å². The second-order valence-corrected chi connectivity index (χ2v) is 10.8. The zero-order chi connectivity index (χ0) is 27.4. The van der Waals surface area contributed by atoms with Gasteiger partial charge < -0.3 is 9.47 Å². The van der Waals surface area contributed by atoms with Crippen LogP contribution >= 0.6 is 27.5 Å². The number of rotatable bonds is 8. The first-order valence-corrected chi connectivity index (χ1v) is 14.2. The lowest BCUT2D eigenvalue weighted by Crippen LogP contribution is -2.25. The second-order valence-electron chi connectivity index (χ2n) is 9.51. The molecule has 6 nitrogen and oxygen atoms in total. The molecular weight excluding hydrogens is 585 g/mol. The predicted octanol–water partition coefficient (Wildman–Crippen LogP) is 7.86. The normalized spacial score (nSPS) is 14.3. The number of nitrogens with zero attached hydrogens (tertiary/aromatic N) is 3. The monoisotopic (exact) mass is 611 g/mol. The van der Waals surface area contributed by atoms with Crippen molar-refractivity contribution in [3.05, 3.63) is 97.2 Å². The van der Waals surface area contributed by atoms with Crippen molar-refractivity contribution in [2.75, 3.05) is 6.61 Å². The van der Waals surface area contributed by atoms with Crippen LogP contribution in [0.1, 0.15) is 61.9 Å². The Morgan fingerprint density at radius 3 is 2.72 bits per heavy atom. The number of ether oxygens (including phenoxy) is 2. The molecule has 1 aliphatic rings. The molecule has 202 valence electrons. The van der Waals surface area contributed by atoms with Crippen LogP contribution < -0.4 is 15.0 Å². The average molecular weight is 613 g/mol. The summed E-state index contributed by atoms with van der Waals surface area (Å²) in [5, 5.41) is 5.43. The van der Waals surface area contributed by atoms with Crippen LogP contribution in [0, 0.1) is 5.82 Å². The number of halogens is 3. The summed E-state index contributed by atoms with van der Waals surface area (Å²) in [6, 6.07) is 15.2. The van der Waals surface area contributed by atoms with E-state index in [4.69, 9.17) is 26.1 Å². The molecule has 0 spiro atoms. The quantitative estimate of drug-likeness (QED) is 0.190. The summed E-state index contributed by atoms with van der Waals surface area (Å²) in [4.78, 5) is 18.5. The molecule has 0 saturated heterocycles. The molecule has 1 aliphatic carbocycles. The van der Waals surface area contributed by atoms with Gasteiger partial charge in [0, 0.05) is 10.4 Å². The fourth-order valence-electron chi connectivity index (χ4n) is 4.87. The van der Waals surface area contributed by atoms with Gasteiger partial charge in [-0.25, -0.2) is 9.37 Å². The molecule has 1 saturated carbocycles. The highest BCUT2D eigenvalue weighted by atomic mass is 79.9. The minimum Gasteiger partial charge on any atom is -0.490 e. The molecule has 9 heteroatoms. The van der Waals surface area contributed by atoms with Gasteiger partial charge in [-0.15, -0.1) is 0 Å². The molecule has 1 aromatic heterocycles. The Balaban J connectivity index is 1.51. The molecule has 0 atom stereocenters. The van der Waals surface area contributed by atoms with Gasteiger partial charge >= 0.3 is 0 Å². The summed E-state index contributed by atoms with van der Waals surface area (Å²) in [7, 11) is 0. The van der Waals surface area contributed by atoms with Crippen LogP contribution in [0.25, 0.3) is 10.9 Å². The topological polar surface area (TPSA) is 65.7 Å². The minimum atomic E-state index is -0.336. The van der Waals surface area contributed by atoms with E-state index in [-0.39, 0.29) is 23.9 Å². The molecule has 4 aromatic rings. The number of fused-ring (bicyclic) bond motifs is 1. The molecule has 1 fully saturated rings. The van der Waals surface area contributed by atoms with Gasteiger partial charge in [0.25, 0.3) is 5.56 Å². The Bertz CT molecular complexity index is 1580. The lowest BCUT2D eigenvalue weighted by molar-refractivity contribution is 0.269. The standard InChI is InChI=1S/C30H28BrClFN3O3/c1-2-38-27-15-20(14-25(32)28(27)39-18-19-7-6-10-23(33)13-19)17-34-36-29(21-8-4-3-5-9-21)35-26-12-11-22(31)16-24(26)30(36)37/h6-7,10-17,21H,2-5,8-9,18H2,1H3. The second kappa shape index (κ2) is 12.3. The summed E-state index contributed by atoms with van der Waals surface area (Å²) in [5.41, 5.74) is 1.75. The molecule has 0 radical (unpaired) electrons. The van der Waals surface area contributed by atoms with Crippen molar-refractivity contribution >= 4 is 44.6 Å².